The summed E-state index contributed by atoms with van der Waals surface area (Å²) in [5, 5.41) is 3.68. The van der Waals surface area contributed by atoms with Crippen molar-refractivity contribution in [3.63, 3.8) is 0 Å². The summed E-state index contributed by atoms with van der Waals surface area (Å²) < 4.78 is 11.6. The van der Waals surface area contributed by atoms with E-state index >= 15 is 0 Å². The summed E-state index contributed by atoms with van der Waals surface area (Å²) in [7, 11) is 1.60. The van der Waals surface area contributed by atoms with E-state index in [4.69, 9.17) is 14.9 Å². The van der Waals surface area contributed by atoms with Crippen LogP contribution in [0, 0.1) is 13.8 Å². The molecule has 4 aromatic rings. The van der Waals surface area contributed by atoms with E-state index in [1.807, 2.05) is 26.8 Å². The van der Waals surface area contributed by atoms with Crippen LogP contribution in [-0.2, 0) is 4.79 Å². The van der Waals surface area contributed by atoms with E-state index in [-0.39, 0.29) is 11.5 Å². The molecule has 3 N–H and O–H groups in total. The fourth-order valence-corrected chi connectivity index (χ4v) is 4.08. The molecule has 0 saturated heterocycles. The van der Waals surface area contributed by atoms with Gasteiger partial charge in [-0.3, -0.25) is 9.59 Å². The molecule has 4 rings (SSSR count). The van der Waals surface area contributed by atoms with Crippen molar-refractivity contribution in [2.45, 2.75) is 20.8 Å². The number of amides is 2. The predicted molar refractivity (Wildman–Crippen MR) is 135 cm³/mol. The third-order valence-corrected chi connectivity index (χ3v) is 5.83. The van der Waals surface area contributed by atoms with Gasteiger partial charge in [-0.25, -0.2) is 0 Å². The van der Waals surface area contributed by atoms with E-state index in [1.54, 1.807) is 37.6 Å². The molecule has 1 heterocycles. The SMILES string of the molecule is COc1c(/C(C)=C/C(=O)Nc2ccccc2C(N)=O)cc2c(-c3ccc(C)cc3)coc2c1C. The minimum atomic E-state index is -0.608. The first kappa shape index (κ1) is 22.9. The summed E-state index contributed by atoms with van der Waals surface area (Å²) in [6.45, 7) is 5.82. The van der Waals surface area contributed by atoms with Gasteiger partial charge >= 0.3 is 0 Å². The average molecular weight is 455 g/mol. The van der Waals surface area contributed by atoms with E-state index in [0.29, 0.717) is 17.0 Å². The van der Waals surface area contributed by atoms with Crippen molar-refractivity contribution in [2.24, 2.45) is 5.73 Å². The lowest BCUT2D eigenvalue weighted by atomic mass is 9.96. The van der Waals surface area contributed by atoms with Crippen LogP contribution in [0.15, 0.2) is 71.4 Å². The molecule has 0 aliphatic rings. The maximum atomic E-state index is 12.8. The van der Waals surface area contributed by atoms with Gasteiger partial charge in [-0.05, 0) is 50.1 Å². The number of hydrogen-bond acceptors (Lipinski definition) is 4. The van der Waals surface area contributed by atoms with Crippen LogP contribution in [0.5, 0.6) is 5.75 Å². The monoisotopic (exact) mass is 454 g/mol. The Morgan fingerprint density at radius 1 is 1.03 bits per heavy atom. The first-order valence-corrected chi connectivity index (χ1v) is 10.8. The Kier molecular flexibility index (Phi) is 6.23. The zero-order valence-electron chi connectivity index (χ0n) is 19.6. The molecule has 0 atom stereocenters. The Balaban J connectivity index is 1.76. The number of furan rings is 1. The molecular formula is C28H26N2O4. The molecule has 6 nitrogen and oxygen atoms in total. The molecular weight excluding hydrogens is 428 g/mol. The van der Waals surface area contributed by atoms with Gasteiger partial charge < -0.3 is 20.2 Å². The summed E-state index contributed by atoms with van der Waals surface area (Å²) in [6, 6.07) is 16.8. The van der Waals surface area contributed by atoms with Crippen molar-refractivity contribution in [3.8, 4) is 16.9 Å². The zero-order chi connectivity index (χ0) is 24.4. The van der Waals surface area contributed by atoms with Gasteiger partial charge in [0.05, 0.1) is 24.6 Å². The van der Waals surface area contributed by atoms with Crippen LogP contribution >= 0.6 is 0 Å². The number of nitrogens with two attached hydrogens (primary N) is 1. The van der Waals surface area contributed by atoms with Crippen molar-refractivity contribution in [2.75, 3.05) is 12.4 Å². The number of carbonyl (C=O) groups is 2. The highest BCUT2D eigenvalue weighted by atomic mass is 16.5. The standard InChI is InChI=1S/C28H26N2O4/c1-16-9-11-19(12-10-16)23-15-34-27-18(3)26(33-4)21(14-22(23)27)17(2)13-25(31)30-24-8-6-5-7-20(24)28(29)32/h5-15H,1-4H3,(H2,29,32)(H,30,31)/b17-13+. The van der Waals surface area contributed by atoms with Gasteiger partial charge in [-0.2, -0.15) is 0 Å². The van der Waals surface area contributed by atoms with Crippen LogP contribution in [0.3, 0.4) is 0 Å². The van der Waals surface area contributed by atoms with Gasteiger partial charge in [0.2, 0.25) is 5.91 Å². The van der Waals surface area contributed by atoms with Crippen molar-refractivity contribution < 1.29 is 18.7 Å². The highest BCUT2D eigenvalue weighted by Crippen LogP contribution is 2.40. The highest BCUT2D eigenvalue weighted by Gasteiger charge is 2.19. The summed E-state index contributed by atoms with van der Waals surface area (Å²) in [6.07, 6.45) is 3.23. The molecule has 3 aromatic carbocycles. The Hall–Kier alpha value is -4.32. The molecule has 0 aliphatic carbocycles. The second-order valence-corrected chi connectivity index (χ2v) is 8.20. The van der Waals surface area contributed by atoms with E-state index in [1.165, 1.54) is 11.6 Å². The normalized spacial score (nSPS) is 11.5. The number of aryl methyl sites for hydroxylation is 2. The maximum Gasteiger partial charge on any atom is 0.250 e. The van der Waals surface area contributed by atoms with E-state index in [9.17, 15) is 9.59 Å². The molecule has 0 radical (unpaired) electrons. The number of benzene rings is 3. The molecule has 1 aromatic heterocycles. The molecule has 34 heavy (non-hydrogen) atoms. The fourth-order valence-electron chi connectivity index (χ4n) is 4.08. The van der Waals surface area contributed by atoms with Crippen LogP contribution < -0.4 is 15.8 Å². The van der Waals surface area contributed by atoms with Crippen molar-refractivity contribution in [3.05, 3.63) is 89.2 Å². The number of rotatable bonds is 6. The number of fused-ring (bicyclic) bond motifs is 1. The Bertz CT molecular complexity index is 1430. The first-order valence-electron chi connectivity index (χ1n) is 10.8. The molecule has 0 bridgehead atoms. The van der Waals surface area contributed by atoms with Gasteiger partial charge in [0.15, 0.2) is 0 Å². The lowest BCUT2D eigenvalue weighted by molar-refractivity contribution is -0.111. The van der Waals surface area contributed by atoms with Crippen LogP contribution in [0.2, 0.25) is 0 Å². The van der Waals surface area contributed by atoms with E-state index < -0.39 is 5.91 Å². The Morgan fingerprint density at radius 3 is 2.41 bits per heavy atom. The third-order valence-electron chi connectivity index (χ3n) is 5.83. The fraction of sp³-hybridized carbons (Fsp3) is 0.143. The summed E-state index contributed by atoms with van der Waals surface area (Å²) in [4.78, 5) is 24.5. The molecule has 6 heteroatoms. The minimum Gasteiger partial charge on any atom is -0.496 e. The first-order chi connectivity index (χ1) is 16.3. The Labute approximate surface area is 198 Å². The van der Waals surface area contributed by atoms with Crippen molar-refractivity contribution in [1.29, 1.82) is 0 Å². The smallest absolute Gasteiger partial charge is 0.250 e. The average Bonchev–Trinajstić information content (AvgIpc) is 3.24. The zero-order valence-corrected chi connectivity index (χ0v) is 19.6. The van der Waals surface area contributed by atoms with Crippen LogP contribution in [0.25, 0.3) is 27.7 Å². The maximum absolute atomic E-state index is 12.8. The lowest BCUT2D eigenvalue weighted by Crippen LogP contribution is -2.17. The largest absolute Gasteiger partial charge is 0.496 e. The summed E-state index contributed by atoms with van der Waals surface area (Å²) >= 11 is 0. The number of nitrogens with one attached hydrogen (secondary N) is 1. The van der Waals surface area contributed by atoms with Gasteiger partial charge in [-0.15, -0.1) is 0 Å². The number of para-hydroxylation sites is 1. The topological polar surface area (TPSA) is 94.6 Å². The second-order valence-electron chi connectivity index (χ2n) is 8.20. The quantitative estimate of drug-likeness (QED) is 0.357. The second kappa shape index (κ2) is 9.27. The molecule has 2 amide bonds. The van der Waals surface area contributed by atoms with Crippen LogP contribution in [0.1, 0.15) is 34.0 Å². The van der Waals surface area contributed by atoms with Crippen LogP contribution in [-0.4, -0.2) is 18.9 Å². The molecule has 0 saturated carbocycles. The van der Waals surface area contributed by atoms with Crippen molar-refractivity contribution >= 4 is 34.0 Å². The predicted octanol–water partition coefficient (Wildman–Crippen LogP) is 5.87. The molecule has 0 unspecified atom stereocenters. The highest BCUT2D eigenvalue weighted by molar-refractivity contribution is 6.09. The number of methoxy groups -OCH3 is 1. The summed E-state index contributed by atoms with van der Waals surface area (Å²) in [5.74, 6) is -0.351. The lowest BCUT2D eigenvalue weighted by Gasteiger charge is -2.14. The molecule has 0 spiro atoms. The number of anilines is 1. The number of allylic oxidation sites excluding steroid dienone is 1. The molecule has 172 valence electrons. The molecule has 0 aliphatic heterocycles. The van der Waals surface area contributed by atoms with Crippen molar-refractivity contribution in [1.82, 2.24) is 0 Å². The number of primary amides is 1. The number of ether oxygens (including phenoxy) is 1. The van der Waals surface area contributed by atoms with Gasteiger partial charge in [0, 0.05) is 28.2 Å². The van der Waals surface area contributed by atoms with E-state index in [2.05, 4.69) is 29.6 Å². The van der Waals surface area contributed by atoms with E-state index in [0.717, 1.165) is 33.2 Å². The van der Waals surface area contributed by atoms with Gasteiger partial charge in [0.1, 0.15) is 11.3 Å². The van der Waals surface area contributed by atoms with Gasteiger partial charge in [-0.1, -0.05) is 42.0 Å². The minimum absolute atomic E-state index is 0.248. The number of hydrogen-bond donors (Lipinski definition) is 2. The third kappa shape index (κ3) is 4.30. The van der Waals surface area contributed by atoms with Crippen LogP contribution in [0.4, 0.5) is 5.69 Å². The molecule has 0 fully saturated rings. The van der Waals surface area contributed by atoms with Gasteiger partial charge in [0.25, 0.3) is 5.91 Å². The number of carbonyl (C=O) groups excluding carboxylic acids is 2. The Morgan fingerprint density at radius 2 is 1.74 bits per heavy atom. The summed E-state index contributed by atoms with van der Waals surface area (Å²) in [5.41, 5.74) is 12.3.